The summed E-state index contributed by atoms with van der Waals surface area (Å²) in [5.74, 6) is 0.0890. The Kier molecular flexibility index (Phi) is 6.30. The van der Waals surface area contributed by atoms with Crippen molar-refractivity contribution in [2.45, 2.75) is 51.2 Å². The van der Waals surface area contributed by atoms with Gasteiger partial charge in [-0.15, -0.1) is 0 Å². The Balaban J connectivity index is 1.41. The molecular formula is C25H31NO4Si. The van der Waals surface area contributed by atoms with Crippen molar-refractivity contribution in [3.05, 3.63) is 65.7 Å². The van der Waals surface area contributed by atoms with Gasteiger partial charge < -0.3 is 9.47 Å². The molecule has 2 aliphatic heterocycles. The highest BCUT2D eigenvalue weighted by molar-refractivity contribution is 6.88. The summed E-state index contributed by atoms with van der Waals surface area (Å²) < 4.78 is 11.3. The maximum Gasteiger partial charge on any atom is 0.410 e. The van der Waals surface area contributed by atoms with E-state index in [1.807, 2.05) is 47.4 Å². The van der Waals surface area contributed by atoms with Crippen molar-refractivity contribution in [2.24, 2.45) is 5.92 Å². The van der Waals surface area contributed by atoms with Crippen molar-refractivity contribution in [3.63, 3.8) is 0 Å². The molecule has 0 aliphatic carbocycles. The molecule has 2 aliphatic rings. The smallest absolute Gasteiger partial charge is 0.410 e. The second kappa shape index (κ2) is 8.97. The van der Waals surface area contributed by atoms with Crippen molar-refractivity contribution >= 4 is 25.1 Å². The monoisotopic (exact) mass is 437 g/mol. The van der Waals surface area contributed by atoms with Crippen LogP contribution in [0.2, 0.25) is 19.6 Å². The molecule has 0 spiro atoms. The molecule has 2 unspecified atom stereocenters. The van der Waals surface area contributed by atoms with Gasteiger partial charge in [-0.3, -0.25) is 9.69 Å². The summed E-state index contributed by atoms with van der Waals surface area (Å²) in [5, 5.41) is 1.35. The molecule has 0 saturated carbocycles. The summed E-state index contributed by atoms with van der Waals surface area (Å²) in [6.45, 7) is 8.07. The fourth-order valence-electron chi connectivity index (χ4n) is 4.59. The van der Waals surface area contributed by atoms with Crippen LogP contribution in [0, 0.1) is 5.92 Å². The predicted octanol–water partition coefficient (Wildman–Crippen LogP) is 4.23. The second-order valence-electron chi connectivity index (χ2n) is 9.65. The van der Waals surface area contributed by atoms with Crippen LogP contribution in [0.1, 0.15) is 28.8 Å². The van der Waals surface area contributed by atoms with E-state index in [0.717, 1.165) is 11.1 Å². The average molecular weight is 438 g/mol. The van der Waals surface area contributed by atoms with Crippen LogP contribution >= 0.6 is 0 Å². The van der Waals surface area contributed by atoms with Crippen LogP contribution in [0.25, 0.3) is 0 Å². The SMILES string of the molecule is C[Si](C)(C)c1ccc(C(=O)C2CC3COCC(C2)N3C(=O)OCc2ccccc2)cc1. The molecule has 31 heavy (non-hydrogen) atoms. The molecule has 2 aromatic carbocycles. The van der Waals surface area contributed by atoms with Crippen LogP contribution < -0.4 is 5.19 Å². The van der Waals surface area contributed by atoms with Crippen LogP contribution in [0.3, 0.4) is 0 Å². The number of ketones is 1. The Hall–Kier alpha value is -2.44. The van der Waals surface area contributed by atoms with Gasteiger partial charge in [-0.2, -0.15) is 0 Å². The van der Waals surface area contributed by atoms with E-state index in [2.05, 4.69) is 31.8 Å². The Morgan fingerprint density at radius 2 is 1.58 bits per heavy atom. The van der Waals surface area contributed by atoms with Crippen molar-refractivity contribution in [1.82, 2.24) is 4.90 Å². The van der Waals surface area contributed by atoms with Crippen LogP contribution in [0.4, 0.5) is 4.79 Å². The molecule has 2 saturated heterocycles. The number of carbonyl (C=O) groups excluding carboxylic acids is 2. The van der Waals surface area contributed by atoms with Crippen LogP contribution in [0.15, 0.2) is 54.6 Å². The number of hydrogen-bond donors (Lipinski definition) is 0. The predicted molar refractivity (Wildman–Crippen MR) is 123 cm³/mol. The Morgan fingerprint density at radius 3 is 2.16 bits per heavy atom. The van der Waals surface area contributed by atoms with Crippen LogP contribution in [-0.4, -0.2) is 50.1 Å². The maximum atomic E-state index is 13.2. The van der Waals surface area contributed by atoms with Gasteiger partial charge >= 0.3 is 6.09 Å². The summed E-state index contributed by atoms with van der Waals surface area (Å²) in [6.07, 6.45) is 0.921. The Morgan fingerprint density at radius 1 is 0.968 bits per heavy atom. The topological polar surface area (TPSA) is 55.8 Å². The minimum atomic E-state index is -1.39. The first-order valence-corrected chi connectivity index (χ1v) is 14.5. The van der Waals surface area contributed by atoms with E-state index in [9.17, 15) is 9.59 Å². The van der Waals surface area contributed by atoms with E-state index in [0.29, 0.717) is 26.1 Å². The third kappa shape index (κ3) is 4.91. The van der Waals surface area contributed by atoms with Gasteiger partial charge in [0.15, 0.2) is 5.78 Å². The van der Waals surface area contributed by atoms with Gasteiger partial charge in [0.2, 0.25) is 0 Å². The number of carbonyl (C=O) groups is 2. The molecule has 1 amide bonds. The molecule has 6 heteroatoms. The molecule has 2 aromatic rings. The second-order valence-corrected chi connectivity index (χ2v) is 14.7. The molecule has 0 N–H and O–H groups in total. The lowest BCUT2D eigenvalue weighted by Gasteiger charge is -2.47. The highest BCUT2D eigenvalue weighted by atomic mass is 28.3. The minimum absolute atomic E-state index is 0.0881. The van der Waals surface area contributed by atoms with E-state index < -0.39 is 8.07 Å². The fraction of sp³-hybridized carbons (Fsp3) is 0.440. The lowest BCUT2D eigenvalue weighted by molar-refractivity contribution is -0.0755. The number of hydrogen-bond acceptors (Lipinski definition) is 4. The standard InChI is InChI=1S/C25H31NO4Si/c1-31(2,3)23-11-9-19(10-12-23)24(27)20-13-21-16-29-17-22(14-20)26(21)25(28)30-15-18-7-5-4-6-8-18/h4-12,20-22H,13-17H2,1-3H3. The van der Waals surface area contributed by atoms with Gasteiger partial charge in [0, 0.05) is 11.5 Å². The lowest BCUT2D eigenvalue weighted by Crippen LogP contribution is -2.59. The van der Waals surface area contributed by atoms with Crippen LogP contribution in [0.5, 0.6) is 0 Å². The number of amides is 1. The van der Waals surface area contributed by atoms with Crippen molar-refractivity contribution in [1.29, 1.82) is 0 Å². The van der Waals surface area contributed by atoms with Crippen LogP contribution in [-0.2, 0) is 16.1 Å². The molecule has 0 aromatic heterocycles. The molecule has 2 heterocycles. The highest BCUT2D eigenvalue weighted by Crippen LogP contribution is 2.34. The summed E-state index contributed by atoms with van der Waals surface area (Å²) >= 11 is 0. The number of fused-ring (bicyclic) bond motifs is 2. The summed E-state index contributed by atoms with van der Waals surface area (Å²) in [6, 6.07) is 17.6. The first kappa shape index (κ1) is 21.8. The van der Waals surface area contributed by atoms with E-state index in [1.54, 1.807) is 0 Å². The largest absolute Gasteiger partial charge is 0.445 e. The third-order valence-corrected chi connectivity index (χ3v) is 8.41. The zero-order chi connectivity index (χ0) is 22.0. The van der Waals surface area contributed by atoms with Gasteiger partial charge in [0.1, 0.15) is 6.61 Å². The number of ether oxygens (including phenoxy) is 2. The van der Waals surface area contributed by atoms with Gasteiger partial charge in [-0.05, 0) is 18.4 Å². The zero-order valence-electron chi connectivity index (χ0n) is 18.5. The average Bonchev–Trinajstić information content (AvgIpc) is 2.76. The van der Waals surface area contributed by atoms with E-state index >= 15 is 0 Å². The number of Topliss-reactive ketones (excluding diaryl/α,β-unsaturated/α-hetero) is 1. The third-order valence-electron chi connectivity index (χ3n) is 6.34. The molecule has 2 bridgehead atoms. The number of piperidine rings is 1. The Bertz CT molecular complexity index is 909. The van der Waals surface area contributed by atoms with E-state index in [4.69, 9.17) is 9.47 Å². The summed E-state index contributed by atoms with van der Waals surface area (Å²) in [4.78, 5) is 27.9. The number of nitrogens with zero attached hydrogens (tertiary/aromatic N) is 1. The number of morpholine rings is 1. The van der Waals surface area contributed by atoms with Crippen molar-refractivity contribution in [2.75, 3.05) is 13.2 Å². The van der Waals surface area contributed by atoms with Crippen molar-refractivity contribution < 1.29 is 19.1 Å². The van der Waals surface area contributed by atoms with Gasteiger partial charge in [0.05, 0.1) is 33.4 Å². The van der Waals surface area contributed by atoms with E-state index in [-0.39, 0.29) is 36.5 Å². The molecule has 2 atom stereocenters. The molecule has 5 nitrogen and oxygen atoms in total. The first-order chi connectivity index (χ1) is 14.8. The first-order valence-electron chi connectivity index (χ1n) is 11.0. The van der Waals surface area contributed by atoms with E-state index in [1.165, 1.54) is 5.19 Å². The van der Waals surface area contributed by atoms with Crippen molar-refractivity contribution in [3.8, 4) is 0 Å². The molecule has 4 rings (SSSR count). The summed E-state index contributed by atoms with van der Waals surface area (Å²) in [5.41, 5.74) is 1.73. The summed E-state index contributed by atoms with van der Waals surface area (Å²) in [7, 11) is -1.39. The van der Waals surface area contributed by atoms with Gasteiger partial charge in [-0.1, -0.05) is 79.4 Å². The zero-order valence-corrected chi connectivity index (χ0v) is 19.5. The minimum Gasteiger partial charge on any atom is -0.445 e. The highest BCUT2D eigenvalue weighted by Gasteiger charge is 2.44. The van der Waals surface area contributed by atoms with Gasteiger partial charge in [-0.25, -0.2) is 4.79 Å². The lowest BCUT2D eigenvalue weighted by atomic mass is 9.81. The molecule has 164 valence electrons. The fourth-order valence-corrected chi connectivity index (χ4v) is 5.76. The number of rotatable bonds is 5. The molecule has 2 fully saturated rings. The maximum absolute atomic E-state index is 13.2. The normalized spacial score (nSPS) is 23.3. The Labute approximate surface area is 185 Å². The van der Waals surface area contributed by atoms with Gasteiger partial charge in [0.25, 0.3) is 0 Å². The molecular weight excluding hydrogens is 406 g/mol. The number of benzene rings is 2. The molecule has 0 radical (unpaired) electrons. The quantitative estimate of drug-likeness (QED) is 0.519.